The SMILES string of the molecule is CCNC(=NCc1cccc2cccnc12)Nc1ccc(OC)c(OC)c1.I. The second kappa shape index (κ2) is 10.7. The number of hydrogen-bond acceptors (Lipinski definition) is 4. The Morgan fingerprint density at radius 3 is 2.57 bits per heavy atom. The van der Waals surface area contributed by atoms with Crippen molar-refractivity contribution < 1.29 is 9.47 Å². The van der Waals surface area contributed by atoms with Gasteiger partial charge >= 0.3 is 0 Å². The Balaban J connectivity index is 0.00000280. The molecule has 0 amide bonds. The van der Waals surface area contributed by atoms with E-state index in [1.165, 1.54) is 0 Å². The predicted octanol–water partition coefficient (Wildman–Crippen LogP) is 4.45. The number of methoxy groups -OCH3 is 2. The zero-order valence-electron chi connectivity index (χ0n) is 16.2. The summed E-state index contributed by atoms with van der Waals surface area (Å²) in [6, 6.07) is 15.8. The number of rotatable bonds is 6. The van der Waals surface area contributed by atoms with Crippen molar-refractivity contribution in [3.05, 3.63) is 60.3 Å². The van der Waals surface area contributed by atoms with Gasteiger partial charge in [0.05, 0.1) is 26.3 Å². The van der Waals surface area contributed by atoms with Gasteiger partial charge < -0.3 is 20.1 Å². The molecule has 0 aliphatic heterocycles. The lowest BCUT2D eigenvalue weighted by molar-refractivity contribution is 0.355. The monoisotopic (exact) mass is 492 g/mol. The summed E-state index contributed by atoms with van der Waals surface area (Å²) in [5, 5.41) is 7.68. The Bertz CT molecular complexity index is 941. The molecular weight excluding hydrogens is 467 g/mol. The van der Waals surface area contributed by atoms with E-state index in [9.17, 15) is 0 Å². The summed E-state index contributed by atoms with van der Waals surface area (Å²) in [6.07, 6.45) is 1.81. The van der Waals surface area contributed by atoms with Crippen LogP contribution < -0.4 is 20.1 Å². The number of guanidine groups is 1. The van der Waals surface area contributed by atoms with E-state index in [1.54, 1.807) is 14.2 Å². The first kappa shape index (κ1) is 21.7. The molecule has 0 saturated heterocycles. The first-order chi connectivity index (χ1) is 13.2. The topological polar surface area (TPSA) is 67.8 Å². The molecule has 1 heterocycles. The number of halogens is 1. The van der Waals surface area contributed by atoms with E-state index in [1.807, 2.05) is 43.5 Å². The zero-order chi connectivity index (χ0) is 19.1. The van der Waals surface area contributed by atoms with Crippen LogP contribution in [0.1, 0.15) is 12.5 Å². The van der Waals surface area contributed by atoms with E-state index in [0.29, 0.717) is 24.0 Å². The van der Waals surface area contributed by atoms with Crippen LogP contribution in [0.4, 0.5) is 5.69 Å². The van der Waals surface area contributed by atoms with Crippen LogP contribution in [0.2, 0.25) is 0 Å². The van der Waals surface area contributed by atoms with E-state index in [-0.39, 0.29) is 24.0 Å². The second-order valence-electron chi connectivity index (χ2n) is 5.88. The molecule has 1 aromatic heterocycles. The molecule has 2 N–H and O–H groups in total. The minimum atomic E-state index is 0. The van der Waals surface area contributed by atoms with Gasteiger partial charge in [0.1, 0.15) is 0 Å². The first-order valence-electron chi connectivity index (χ1n) is 8.85. The zero-order valence-corrected chi connectivity index (χ0v) is 18.6. The van der Waals surface area contributed by atoms with Crippen LogP contribution in [0.25, 0.3) is 10.9 Å². The van der Waals surface area contributed by atoms with Crippen molar-refractivity contribution in [2.75, 3.05) is 26.1 Å². The lowest BCUT2D eigenvalue weighted by Crippen LogP contribution is -2.30. The molecule has 2 aromatic carbocycles. The van der Waals surface area contributed by atoms with Crippen molar-refractivity contribution in [2.24, 2.45) is 4.99 Å². The molecule has 0 unspecified atom stereocenters. The van der Waals surface area contributed by atoms with Gasteiger partial charge in [0.25, 0.3) is 0 Å². The number of aromatic nitrogens is 1. The van der Waals surface area contributed by atoms with Crippen molar-refractivity contribution in [1.82, 2.24) is 10.3 Å². The maximum atomic E-state index is 5.36. The Morgan fingerprint density at radius 2 is 1.82 bits per heavy atom. The summed E-state index contributed by atoms with van der Waals surface area (Å²) in [7, 11) is 3.24. The quantitative estimate of drug-likeness (QED) is 0.303. The Labute approximate surface area is 182 Å². The fourth-order valence-corrected chi connectivity index (χ4v) is 2.82. The van der Waals surface area contributed by atoms with E-state index < -0.39 is 0 Å². The average Bonchev–Trinajstić information content (AvgIpc) is 2.72. The highest BCUT2D eigenvalue weighted by Gasteiger charge is 2.07. The summed E-state index contributed by atoms with van der Waals surface area (Å²) in [4.78, 5) is 9.20. The lowest BCUT2D eigenvalue weighted by Gasteiger charge is -2.14. The van der Waals surface area contributed by atoms with Crippen molar-refractivity contribution in [1.29, 1.82) is 0 Å². The minimum Gasteiger partial charge on any atom is -0.493 e. The summed E-state index contributed by atoms with van der Waals surface area (Å²) >= 11 is 0. The normalized spacial score (nSPS) is 10.9. The predicted molar refractivity (Wildman–Crippen MR) is 125 cm³/mol. The molecule has 7 heteroatoms. The average molecular weight is 492 g/mol. The van der Waals surface area contributed by atoms with Gasteiger partial charge in [0.2, 0.25) is 0 Å². The Morgan fingerprint density at radius 1 is 1.04 bits per heavy atom. The van der Waals surface area contributed by atoms with Crippen LogP contribution in [-0.2, 0) is 6.54 Å². The number of fused-ring (bicyclic) bond motifs is 1. The summed E-state index contributed by atoms with van der Waals surface area (Å²) in [5.74, 6) is 2.04. The summed E-state index contributed by atoms with van der Waals surface area (Å²) in [6.45, 7) is 3.31. The van der Waals surface area contributed by atoms with Crippen molar-refractivity contribution >= 4 is 46.5 Å². The van der Waals surface area contributed by atoms with Gasteiger partial charge in [-0.2, -0.15) is 0 Å². The molecule has 3 aromatic rings. The molecule has 3 rings (SSSR count). The van der Waals surface area contributed by atoms with Crippen LogP contribution in [-0.4, -0.2) is 31.7 Å². The molecule has 0 aliphatic rings. The number of aliphatic imine (C=N–C) groups is 1. The molecule has 0 spiro atoms. The number of benzene rings is 2. The molecular formula is C21H25IN4O2. The number of nitrogens with one attached hydrogen (secondary N) is 2. The van der Waals surface area contributed by atoms with Gasteiger partial charge in [-0.15, -0.1) is 24.0 Å². The largest absolute Gasteiger partial charge is 0.493 e. The second-order valence-corrected chi connectivity index (χ2v) is 5.88. The summed E-state index contributed by atoms with van der Waals surface area (Å²) < 4.78 is 10.6. The molecule has 0 atom stereocenters. The molecule has 6 nitrogen and oxygen atoms in total. The van der Waals surface area contributed by atoms with Crippen LogP contribution in [0, 0.1) is 0 Å². The van der Waals surface area contributed by atoms with Gasteiger partial charge in [-0.1, -0.05) is 24.3 Å². The van der Waals surface area contributed by atoms with Gasteiger partial charge in [-0.25, -0.2) is 4.99 Å². The number of nitrogens with zero attached hydrogens (tertiary/aromatic N) is 2. The van der Waals surface area contributed by atoms with Gasteiger partial charge in [0.15, 0.2) is 17.5 Å². The standard InChI is InChI=1S/C21H24N4O2.HI/c1-4-22-21(25-17-10-11-18(26-2)19(13-17)27-3)24-14-16-8-5-7-15-9-6-12-23-20(15)16;/h5-13H,4,14H2,1-3H3,(H2,22,24,25);1H. The molecule has 0 fully saturated rings. The van der Waals surface area contributed by atoms with Gasteiger partial charge in [0, 0.05) is 29.9 Å². The van der Waals surface area contributed by atoms with Crippen LogP contribution in [0.3, 0.4) is 0 Å². The number of ether oxygens (including phenoxy) is 2. The fourth-order valence-electron chi connectivity index (χ4n) is 2.82. The highest BCUT2D eigenvalue weighted by molar-refractivity contribution is 14.0. The highest BCUT2D eigenvalue weighted by Crippen LogP contribution is 2.29. The molecule has 148 valence electrons. The van der Waals surface area contributed by atoms with Crippen molar-refractivity contribution in [3.8, 4) is 11.5 Å². The van der Waals surface area contributed by atoms with E-state index >= 15 is 0 Å². The molecule has 0 radical (unpaired) electrons. The maximum Gasteiger partial charge on any atom is 0.196 e. The third-order valence-electron chi connectivity index (χ3n) is 4.11. The van der Waals surface area contributed by atoms with Crippen molar-refractivity contribution in [2.45, 2.75) is 13.5 Å². The van der Waals surface area contributed by atoms with Crippen molar-refractivity contribution in [3.63, 3.8) is 0 Å². The number of para-hydroxylation sites is 1. The summed E-state index contributed by atoms with van der Waals surface area (Å²) in [5.41, 5.74) is 2.92. The van der Waals surface area contributed by atoms with Crippen LogP contribution >= 0.6 is 24.0 Å². The number of pyridine rings is 1. The number of hydrogen-bond donors (Lipinski definition) is 2. The Kier molecular flexibility index (Phi) is 8.31. The molecule has 0 saturated carbocycles. The molecule has 0 bridgehead atoms. The van der Waals surface area contributed by atoms with Crippen LogP contribution in [0.15, 0.2) is 59.7 Å². The van der Waals surface area contributed by atoms with Crippen LogP contribution in [0.5, 0.6) is 11.5 Å². The first-order valence-corrected chi connectivity index (χ1v) is 8.85. The highest BCUT2D eigenvalue weighted by atomic mass is 127. The third kappa shape index (κ3) is 5.25. The van der Waals surface area contributed by atoms with Gasteiger partial charge in [-0.05, 0) is 30.7 Å². The van der Waals surface area contributed by atoms with Gasteiger partial charge in [-0.3, -0.25) is 4.98 Å². The van der Waals surface area contributed by atoms with E-state index in [2.05, 4.69) is 33.8 Å². The smallest absolute Gasteiger partial charge is 0.196 e. The van der Waals surface area contributed by atoms with E-state index in [4.69, 9.17) is 14.5 Å². The molecule has 0 aliphatic carbocycles. The Hall–Kier alpha value is -2.55. The number of anilines is 1. The molecule has 28 heavy (non-hydrogen) atoms. The van der Waals surface area contributed by atoms with E-state index in [0.717, 1.165) is 28.7 Å². The minimum absolute atomic E-state index is 0. The third-order valence-corrected chi connectivity index (χ3v) is 4.11. The maximum absolute atomic E-state index is 5.36. The lowest BCUT2D eigenvalue weighted by atomic mass is 10.1. The fraction of sp³-hybridized carbons (Fsp3) is 0.238.